The summed E-state index contributed by atoms with van der Waals surface area (Å²) < 4.78 is 10.6. The maximum Gasteiger partial charge on any atom is 0.224 e. The van der Waals surface area contributed by atoms with E-state index in [9.17, 15) is 4.79 Å². The summed E-state index contributed by atoms with van der Waals surface area (Å²) in [5.41, 5.74) is 1.99. The number of nitrogens with zero attached hydrogens (tertiary/aromatic N) is 3. The molecule has 0 aliphatic carbocycles. The second-order valence-corrected chi connectivity index (χ2v) is 6.62. The van der Waals surface area contributed by atoms with E-state index < -0.39 is 0 Å². The van der Waals surface area contributed by atoms with Crippen molar-refractivity contribution in [1.82, 2.24) is 15.3 Å². The molecule has 0 unspecified atom stereocenters. The van der Waals surface area contributed by atoms with E-state index in [1.165, 1.54) is 0 Å². The van der Waals surface area contributed by atoms with Gasteiger partial charge in [0.1, 0.15) is 23.7 Å². The fraction of sp³-hybridized carbons (Fsp3) is 0.450. The topological polar surface area (TPSA) is 88.6 Å². The Morgan fingerprint density at radius 3 is 2.79 bits per heavy atom. The first kappa shape index (κ1) is 19.9. The number of anilines is 2. The summed E-state index contributed by atoms with van der Waals surface area (Å²) in [4.78, 5) is 22.9. The summed E-state index contributed by atoms with van der Waals surface area (Å²) in [5, 5.41) is 6.15. The molecule has 1 aromatic heterocycles. The van der Waals surface area contributed by atoms with Gasteiger partial charge in [0.2, 0.25) is 5.91 Å². The monoisotopic (exact) mass is 385 g/mol. The summed E-state index contributed by atoms with van der Waals surface area (Å²) in [6, 6.07) is 7.70. The summed E-state index contributed by atoms with van der Waals surface area (Å²) in [6.07, 6.45) is 1.90. The van der Waals surface area contributed by atoms with Gasteiger partial charge in [0.15, 0.2) is 0 Å². The minimum absolute atomic E-state index is 0.0111. The molecule has 1 aliphatic rings. The zero-order chi connectivity index (χ0) is 19.8. The number of ether oxygens (including phenoxy) is 2. The van der Waals surface area contributed by atoms with Gasteiger partial charge in [0.05, 0.1) is 26.7 Å². The lowest BCUT2D eigenvalue weighted by atomic mass is 10.1. The number of carbonyl (C=O) groups is 1. The Labute approximate surface area is 165 Å². The highest BCUT2D eigenvalue weighted by Crippen LogP contribution is 2.18. The van der Waals surface area contributed by atoms with Crippen LogP contribution in [0.15, 0.2) is 30.6 Å². The third-order valence-electron chi connectivity index (χ3n) is 4.56. The predicted octanol–water partition coefficient (Wildman–Crippen LogP) is 1.40. The van der Waals surface area contributed by atoms with Crippen LogP contribution >= 0.6 is 0 Å². The molecule has 1 fully saturated rings. The van der Waals surface area contributed by atoms with Gasteiger partial charge in [-0.1, -0.05) is 12.1 Å². The fourth-order valence-corrected chi connectivity index (χ4v) is 3.10. The van der Waals surface area contributed by atoms with Crippen molar-refractivity contribution in [1.29, 1.82) is 0 Å². The van der Waals surface area contributed by atoms with Crippen molar-refractivity contribution < 1.29 is 14.3 Å². The van der Waals surface area contributed by atoms with E-state index >= 15 is 0 Å². The third-order valence-corrected chi connectivity index (χ3v) is 4.56. The fourth-order valence-electron chi connectivity index (χ4n) is 3.10. The van der Waals surface area contributed by atoms with Crippen molar-refractivity contribution in [3.63, 3.8) is 0 Å². The molecule has 2 heterocycles. The van der Waals surface area contributed by atoms with Gasteiger partial charge in [0, 0.05) is 32.2 Å². The van der Waals surface area contributed by atoms with Gasteiger partial charge in [0.25, 0.3) is 0 Å². The molecule has 0 spiro atoms. The molecule has 28 heavy (non-hydrogen) atoms. The van der Waals surface area contributed by atoms with E-state index in [4.69, 9.17) is 9.47 Å². The summed E-state index contributed by atoms with van der Waals surface area (Å²) >= 11 is 0. The van der Waals surface area contributed by atoms with Crippen molar-refractivity contribution in [2.24, 2.45) is 0 Å². The van der Waals surface area contributed by atoms with Crippen LogP contribution in [0.1, 0.15) is 11.1 Å². The molecule has 0 saturated carbocycles. The predicted molar refractivity (Wildman–Crippen MR) is 108 cm³/mol. The zero-order valence-electron chi connectivity index (χ0n) is 16.4. The molecule has 0 bridgehead atoms. The molecule has 0 atom stereocenters. The molecule has 2 N–H and O–H groups in total. The molecule has 1 amide bonds. The van der Waals surface area contributed by atoms with E-state index in [1.54, 1.807) is 13.4 Å². The number of hydrogen-bond acceptors (Lipinski definition) is 7. The number of nitrogens with one attached hydrogen (secondary N) is 2. The van der Waals surface area contributed by atoms with Crippen molar-refractivity contribution in [2.45, 2.75) is 13.3 Å². The number of methoxy groups -OCH3 is 1. The van der Waals surface area contributed by atoms with Crippen molar-refractivity contribution in [3.8, 4) is 5.75 Å². The van der Waals surface area contributed by atoms with Gasteiger partial charge in [-0.05, 0) is 24.1 Å². The first-order valence-electron chi connectivity index (χ1n) is 9.44. The maximum atomic E-state index is 12.1. The molecule has 1 aromatic carbocycles. The standard InChI is InChI=1S/C20H27N5O3/c1-15-11-16(3-4-17(15)27-2)12-20(26)22-6-5-21-18-13-19(24-14-23-18)25-7-9-28-10-8-25/h3-4,11,13-14H,5-10,12H2,1-2H3,(H,22,26)(H,21,23,24). The molecular formula is C20H27N5O3. The number of amides is 1. The highest BCUT2D eigenvalue weighted by molar-refractivity contribution is 5.78. The molecule has 1 aliphatic heterocycles. The minimum Gasteiger partial charge on any atom is -0.496 e. The van der Waals surface area contributed by atoms with E-state index in [-0.39, 0.29) is 5.91 Å². The van der Waals surface area contributed by atoms with E-state index in [1.807, 2.05) is 31.2 Å². The number of rotatable bonds is 8. The average Bonchev–Trinajstić information content (AvgIpc) is 2.72. The molecular weight excluding hydrogens is 358 g/mol. The minimum atomic E-state index is -0.0111. The van der Waals surface area contributed by atoms with Crippen molar-refractivity contribution >= 4 is 17.5 Å². The van der Waals surface area contributed by atoms with Crippen molar-refractivity contribution in [3.05, 3.63) is 41.7 Å². The van der Waals surface area contributed by atoms with Gasteiger partial charge in [-0.15, -0.1) is 0 Å². The van der Waals surface area contributed by atoms with Crippen molar-refractivity contribution in [2.75, 3.05) is 56.7 Å². The van der Waals surface area contributed by atoms with Gasteiger partial charge < -0.3 is 25.0 Å². The Bertz CT molecular complexity index is 793. The quantitative estimate of drug-likeness (QED) is 0.664. The molecule has 0 radical (unpaired) electrons. The van der Waals surface area contributed by atoms with Crippen LogP contribution in [0, 0.1) is 6.92 Å². The summed E-state index contributed by atoms with van der Waals surface area (Å²) in [7, 11) is 1.64. The summed E-state index contributed by atoms with van der Waals surface area (Å²) in [6.45, 7) is 6.17. The van der Waals surface area contributed by atoms with Gasteiger partial charge in [-0.25, -0.2) is 9.97 Å². The van der Waals surface area contributed by atoms with Crippen LogP contribution in [0.3, 0.4) is 0 Å². The van der Waals surface area contributed by atoms with E-state index in [0.717, 1.165) is 41.6 Å². The largest absolute Gasteiger partial charge is 0.496 e. The molecule has 8 heteroatoms. The van der Waals surface area contributed by atoms with Gasteiger partial charge in [-0.2, -0.15) is 0 Å². The lowest BCUT2D eigenvalue weighted by Crippen LogP contribution is -2.36. The Morgan fingerprint density at radius 1 is 1.21 bits per heavy atom. The Balaban J connectivity index is 1.41. The first-order chi connectivity index (χ1) is 13.7. The van der Waals surface area contributed by atoms with Crippen LogP contribution in [0.4, 0.5) is 11.6 Å². The molecule has 2 aromatic rings. The summed E-state index contributed by atoms with van der Waals surface area (Å²) in [5.74, 6) is 2.45. The van der Waals surface area contributed by atoms with Gasteiger partial charge >= 0.3 is 0 Å². The van der Waals surface area contributed by atoms with E-state index in [2.05, 4.69) is 25.5 Å². The number of morpholine rings is 1. The van der Waals surface area contributed by atoms with Crippen LogP contribution in [0.25, 0.3) is 0 Å². The maximum absolute atomic E-state index is 12.1. The second kappa shape index (κ2) is 9.89. The van der Waals surface area contributed by atoms with Gasteiger partial charge in [-0.3, -0.25) is 4.79 Å². The number of benzene rings is 1. The first-order valence-corrected chi connectivity index (χ1v) is 9.44. The number of hydrogen-bond donors (Lipinski definition) is 2. The Hall–Kier alpha value is -2.87. The Kier molecular flexibility index (Phi) is 7.02. The van der Waals surface area contributed by atoms with Crippen LogP contribution in [0.5, 0.6) is 5.75 Å². The SMILES string of the molecule is COc1ccc(CC(=O)NCCNc2cc(N3CCOCC3)ncn2)cc1C. The van der Waals surface area contributed by atoms with Crippen LogP contribution < -0.4 is 20.3 Å². The number of aryl methyl sites for hydroxylation is 1. The second-order valence-electron chi connectivity index (χ2n) is 6.62. The zero-order valence-corrected chi connectivity index (χ0v) is 16.4. The van der Waals surface area contributed by atoms with Crippen LogP contribution in [0.2, 0.25) is 0 Å². The lowest BCUT2D eigenvalue weighted by molar-refractivity contribution is -0.120. The molecule has 8 nitrogen and oxygen atoms in total. The highest BCUT2D eigenvalue weighted by Gasteiger charge is 2.13. The molecule has 3 rings (SSSR count). The van der Waals surface area contributed by atoms with Crippen LogP contribution in [-0.2, 0) is 16.0 Å². The highest BCUT2D eigenvalue weighted by atomic mass is 16.5. The number of aromatic nitrogens is 2. The smallest absolute Gasteiger partial charge is 0.224 e. The normalized spacial score (nSPS) is 13.9. The molecule has 1 saturated heterocycles. The lowest BCUT2D eigenvalue weighted by Gasteiger charge is -2.27. The van der Waals surface area contributed by atoms with Crippen LogP contribution in [-0.4, -0.2) is 62.4 Å². The average molecular weight is 385 g/mol. The third kappa shape index (κ3) is 5.56. The van der Waals surface area contributed by atoms with E-state index in [0.29, 0.717) is 32.7 Å². The molecule has 150 valence electrons. The Morgan fingerprint density at radius 2 is 2.04 bits per heavy atom. The number of carbonyl (C=O) groups excluding carboxylic acids is 1.